The lowest BCUT2D eigenvalue weighted by atomic mass is 10.1. The normalized spacial score (nSPS) is 10.9. The Hall–Kier alpha value is -4.99. The molecule has 2 aromatic heterocycles. The highest BCUT2D eigenvalue weighted by Gasteiger charge is 2.21. The van der Waals surface area contributed by atoms with E-state index in [2.05, 4.69) is 10.1 Å². The zero-order valence-corrected chi connectivity index (χ0v) is 19.4. The van der Waals surface area contributed by atoms with Crippen molar-refractivity contribution < 1.29 is 18.8 Å². The van der Waals surface area contributed by atoms with E-state index in [4.69, 9.17) is 14.0 Å². The number of hydrogen-bond donors (Lipinski definition) is 0. The number of aromatic nitrogens is 4. The Morgan fingerprint density at radius 3 is 2.47 bits per heavy atom. The molecule has 180 valence electrons. The highest BCUT2D eigenvalue weighted by molar-refractivity contribution is 5.93. The Morgan fingerprint density at radius 1 is 0.944 bits per heavy atom. The molecule has 0 radical (unpaired) electrons. The Morgan fingerprint density at radius 2 is 1.67 bits per heavy atom. The zero-order valence-electron chi connectivity index (χ0n) is 19.4. The number of benzene rings is 3. The number of carbonyl (C=O) groups is 1. The van der Waals surface area contributed by atoms with Gasteiger partial charge in [0.1, 0.15) is 12.3 Å². The number of esters is 1. The lowest BCUT2D eigenvalue weighted by Gasteiger charge is -2.14. The van der Waals surface area contributed by atoms with Gasteiger partial charge in [0.25, 0.3) is 5.56 Å². The van der Waals surface area contributed by atoms with E-state index < -0.39 is 17.2 Å². The largest absolute Gasteiger partial charge is 0.496 e. The third-order valence-electron chi connectivity index (χ3n) is 5.71. The molecule has 0 spiro atoms. The molecule has 0 saturated heterocycles. The maximum atomic E-state index is 13.7. The van der Waals surface area contributed by atoms with E-state index in [-0.39, 0.29) is 29.1 Å². The minimum absolute atomic E-state index is 0.0808. The minimum atomic E-state index is -0.674. The second kappa shape index (κ2) is 9.34. The van der Waals surface area contributed by atoms with Gasteiger partial charge in [-0.15, -0.1) is 0 Å². The number of methoxy groups -OCH3 is 2. The van der Waals surface area contributed by atoms with Gasteiger partial charge in [-0.05, 0) is 36.4 Å². The monoisotopic (exact) mass is 484 g/mol. The second-order valence-electron chi connectivity index (χ2n) is 7.75. The van der Waals surface area contributed by atoms with Gasteiger partial charge in [-0.25, -0.2) is 14.2 Å². The summed E-state index contributed by atoms with van der Waals surface area (Å²) in [4.78, 5) is 43.9. The van der Waals surface area contributed by atoms with Gasteiger partial charge in [0.05, 0.1) is 41.9 Å². The molecule has 5 rings (SSSR count). The van der Waals surface area contributed by atoms with E-state index in [9.17, 15) is 14.4 Å². The molecule has 0 bridgehead atoms. The number of para-hydroxylation sites is 3. The van der Waals surface area contributed by atoms with Crippen LogP contribution in [0.2, 0.25) is 0 Å². The summed E-state index contributed by atoms with van der Waals surface area (Å²) in [6.45, 7) is -0.109. The molecule has 0 aliphatic carbocycles. The molecule has 10 nitrogen and oxygen atoms in total. The summed E-state index contributed by atoms with van der Waals surface area (Å²) < 4.78 is 18.0. The fourth-order valence-electron chi connectivity index (χ4n) is 4.03. The van der Waals surface area contributed by atoms with Crippen molar-refractivity contribution in [1.29, 1.82) is 0 Å². The van der Waals surface area contributed by atoms with Crippen LogP contribution in [-0.2, 0) is 11.3 Å². The highest BCUT2D eigenvalue weighted by atomic mass is 16.5. The highest BCUT2D eigenvalue weighted by Crippen LogP contribution is 2.27. The smallest absolute Gasteiger partial charge is 0.339 e. The molecule has 0 aliphatic heterocycles. The summed E-state index contributed by atoms with van der Waals surface area (Å²) in [5.74, 6) is 0.342. The maximum absolute atomic E-state index is 13.7. The summed E-state index contributed by atoms with van der Waals surface area (Å²) in [6, 6.07) is 20.2. The van der Waals surface area contributed by atoms with Crippen molar-refractivity contribution in [3.8, 4) is 22.8 Å². The molecule has 0 amide bonds. The van der Waals surface area contributed by atoms with Gasteiger partial charge >= 0.3 is 11.7 Å². The van der Waals surface area contributed by atoms with Crippen LogP contribution < -0.4 is 16.0 Å². The molecule has 10 heteroatoms. The molecule has 3 aromatic carbocycles. The number of nitrogens with zero attached hydrogens (tertiary/aromatic N) is 4. The van der Waals surface area contributed by atoms with Crippen molar-refractivity contribution >= 4 is 16.9 Å². The van der Waals surface area contributed by atoms with Gasteiger partial charge < -0.3 is 14.0 Å². The Kier molecular flexibility index (Phi) is 5.91. The van der Waals surface area contributed by atoms with Crippen LogP contribution in [0.4, 0.5) is 0 Å². The van der Waals surface area contributed by atoms with Crippen molar-refractivity contribution in [3.05, 3.63) is 105 Å². The molecule has 0 unspecified atom stereocenters. The third kappa shape index (κ3) is 3.84. The van der Waals surface area contributed by atoms with E-state index in [0.717, 1.165) is 4.57 Å². The van der Waals surface area contributed by atoms with Crippen LogP contribution in [0.25, 0.3) is 28.0 Å². The number of ether oxygens (including phenoxy) is 2. The average molecular weight is 484 g/mol. The van der Waals surface area contributed by atoms with Gasteiger partial charge in [-0.1, -0.05) is 41.6 Å². The Bertz CT molecular complexity index is 1720. The van der Waals surface area contributed by atoms with Crippen molar-refractivity contribution in [2.75, 3.05) is 14.2 Å². The van der Waals surface area contributed by atoms with Crippen LogP contribution in [0.1, 0.15) is 16.2 Å². The van der Waals surface area contributed by atoms with E-state index in [1.54, 1.807) is 55.6 Å². The van der Waals surface area contributed by atoms with E-state index in [1.165, 1.54) is 23.8 Å². The summed E-state index contributed by atoms with van der Waals surface area (Å²) in [5.41, 5.74) is -0.0348. The van der Waals surface area contributed by atoms with Crippen molar-refractivity contribution in [2.24, 2.45) is 0 Å². The Labute approximate surface area is 203 Å². The number of fused-ring (bicyclic) bond motifs is 1. The molecular weight excluding hydrogens is 464 g/mol. The van der Waals surface area contributed by atoms with Gasteiger partial charge in [0.2, 0.25) is 11.7 Å². The summed E-state index contributed by atoms with van der Waals surface area (Å²) in [6.07, 6.45) is 0. The van der Waals surface area contributed by atoms with E-state index >= 15 is 0 Å². The lowest BCUT2D eigenvalue weighted by molar-refractivity contribution is 0.0600. The molecule has 2 heterocycles. The van der Waals surface area contributed by atoms with E-state index in [1.807, 2.05) is 12.1 Å². The topological polar surface area (TPSA) is 118 Å². The first-order chi connectivity index (χ1) is 17.5. The van der Waals surface area contributed by atoms with Crippen molar-refractivity contribution in [2.45, 2.75) is 6.54 Å². The van der Waals surface area contributed by atoms with Crippen LogP contribution >= 0.6 is 0 Å². The van der Waals surface area contributed by atoms with Crippen LogP contribution in [-0.4, -0.2) is 39.5 Å². The van der Waals surface area contributed by atoms with Crippen molar-refractivity contribution in [1.82, 2.24) is 19.3 Å². The summed E-state index contributed by atoms with van der Waals surface area (Å²) >= 11 is 0. The lowest BCUT2D eigenvalue weighted by Crippen LogP contribution is -2.40. The molecular formula is C26H20N4O6. The second-order valence-corrected chi connectivity index (χ2v) is 7.75. The molecule has 36 heavy (non-hydrogen) atoms. The first kappa shape index (κ1) is 22.8. The standard InChI is InChI=1S/C26H20N4O6/c1-34-21-14-8-5-11-18(21)23-27-22(36-28-23)15-29-19-12-6-3-9-16(19)24(31)30(26(29)33)20-13-7-4-10-17(20)25(32)35-2/h3-14H,15H2,1-2H3. The number of carbonyl (C=O) groups excluding carboxylic acids is 1. The Balaban J connectivity index is 1.69. The van der Waals surface area contributed by atoms with Gasteiger partial charge in [-0.3, -0.25) is 9.36 Å². The van der Waals surface area contributed by atoms with Gasteiger partial charge in [0.15, 0.2) is 0 Å². The van der Waals surface area contributed by atoms with E-state index in [0.29, 0.717) is 22.7 Å². The zero-order chi connectivity index (χ0) is 25.2. The summed E-state index contributed by atoms with van der Waals surface area (Å²) in [5, 5.41) is 4.32. The van der Waals surface area contributed by atoms with Crippen molar-refractivity contribution in [3.63, 3.8) is 0 Å². The minimum Gasteiger partial charge on any atom is -0.496 e. The summed E-state index contributed by atoms with van der Waals surface area (Å²) in [7, 11) is 2.77. The number of rotatable bonds is 6. The molecule has 0 fully saturated rings. The van der Waals surface area contributed by atoms with Crippen LogP contribution in [0.15, 0.2) is 86.9 Å². The fourth-order valence-corrected chi connectivity index (χ4v) is 4.03. The maximum Gasteiger partial charge on any atom is 0.339 e. The van der Waals surface area contributed by atoms with Gasteiger partial charge in [0, 0.05) is 0 Å². The predicted octanol–water partition coefficient (Wildman–Crippen LogP) is 3.05. The average Bonchev–Trinajstić information content (AvgIpc) is 3.39. The van der Waals surface area contributed by atoms with Crippen LogP contribution in [0.5, 0.6) is 5.75 Å². The molecule has 0 atom stereocenters. The first-order valence-electron chi connectivity index (χ1n) is 10.9. The quantitative estimate of drug-likeness (QED) is 0.338. The van der Waals surface area contributed by atoms with Crippen LogP contribution in [0, 0.1) is 0 Å². The van der Waals surface area contributed by atoms with Gasteiger partial charge in [-0.2, -0.15) is 4.98 Å². The predicted molar refractivity (Wildman–Crippen MR) is 131 cm³/mol. The van der Waals surface area contributed by atoms with Crippen LogP contribution in [0.3, 0.4) is 0 Å². The fraction of sp³-hybridized carbons (Fsp3) is 0.115. The first-order valence-corrected chi connectivity index (χ1v) is 10.9. The molecule has 5 aromatic rings. The SMILES string of the molecule is COC(=O)c1ccccc1-n1c(=O)c2ccccc2n(Cc2nc(-c3ccccc3OC)no2)c1=O. The molecule has 0 N–H and O–H groups in total. The third-order valence-corrected chi connectivity index (χ3v) is 5.71. The number of hydrogen-bond acceptors (Lipinski definition) is 8. The molecule has 0 aliphatic rings. The molecule has 0 saturated carbocycles.